The van der Waals surface area contributed by atoms with E-state index in [2.05, 4.69) is 5.32 Å². The number of carbonyl (C=O) groups is 1. The molecule has 0 aliphatic carbocycles. The molecule has 2 nitrogen and oxygen atoms in total. The summed E-state index contributed by atoms with van der Waals surface area (Å²) in [5.41, 5.74) is -0.472. The lowest BCUT2D eigenvalue weighted by Crippen LogP contribution is -2.20. The maximum atomic E-state index is 12.9. The first-order valence-corrected chi connectivity index (χ1v) is 3.89. The molecule has 0 unspecified atom stereocenters. The SMILES string of the molecule is CC(=O)NCc1c(F)ccc(F)c1F. The van der Waals surface area contributed by atoms with Crippen molar-refractivity contribution in [3.63, 3.8) is 0 Å². The van der Waals surface area contributed by atoms with Crippen LogP contribution in [0.2, 0.25) is 0 Å². The average Bonchev–Trinajstić information content (AvgIpc) is 2.11. The summed E-state index contributed by atoms with van der Waals surface area (Å²) in [6.45, 7) is 0.847. The van der Waals surface area contributed by atoms with Gasteiger partial charge in [-0.15, -0.1) is 0 Å². The van der Waals surface area contributed by atoms with Crippen LogP contribution in [0.4, 0.5) is 13.2 Å². The second kappa shape index (κ2) is 4.13. The van der Waals surface area contributed by atoms with Crippen LogP contribution in [0.1, 0.15) is 12.5 Å². The molecule has 1 aromatic carbocycles. The monoisotopic (exact) mass is 203 g/mol. The molecule has 0 heterocycles. The number of hydrogen-bond acceptors (Lipinski definition) is 1. The molecule has 1 aromatic rings. The molecule has 0 fully saturated rings. The summed E-state index contributed by atoms with van der Waals surface area (Å²) in [5, 5.41) is 2.19. The molecule has 14 heavy (non-hydrogen) atoms. The van der Waals surface area contributed by atoms with Gasteiger partial charge in [0, 0.05) is 19.0 Å². The van der Waals surface area contributed by atoms with Crippen molar-refractivity contribution in [1.29, 1.82) is 0 Å². The number of nitrogens with one attached hydrogen (secondary N) is 1. The van der Waals surface area contributed by atoms with Gasteiger partial charge in [-0.25, -0.2) is 13.2 Å². The van der Waals surface area contributed by atoms with Crippen molar-refractivity contribution in [2.45, 2.75) is 13.5 Å². The highest BCUT2D eigenvalue weighted by Crippen LogP contribution is 2.15. The molecule has 0 aliphatic rings. The first-order valence-electron chi connectivity index (χ1n) is 3.89. The van der Waals surface area contributed by atoms with Crippen molar-refractivity contribution in [2.24, 2.45) is 0 Å². The zero-order valence-corrected chi connectivity index (χ0v) is 7.40. The van der Waals surface area contributed by atoms with Gasteiger partial charge in [-0.1, -0.05) is 0 Å². The van der Waals surface area contributed by atoms with E-state index in [1.807, 2.05) is 0 Å². The van der Waals surface area contributed by atoms with Crippen LogP contribution in [0.25, 0.3) is 0 Å². The van der Waals surface area contributed by atoms with Gasteiger partial charge in [0.25, 0.3) is 0 Å². The Morgan fingerprint density at radius 3 is 2.43 bits per heavy atom. The fourth-order valence-corrected chi connectivity index (χ4v) is 0.944. The first-order chi connectivity index (χ1) is 6.52. The molecule has 1 amide bonds. The lowest BCUT2D eigenvalue weighted by Gasteiger charge is -2.05. The molecular formula is C9H8F3NO. The molecule has 0 aromatic heterocycles. The Morgan fingerprint density at radius 2 is 1.86 bits per heavy atom. The number of amides is 1. The zero-order chi connectivity index (χ0) is 10.7. The van der Waals surface area contributed by atoms with E-state index >= 15 is 0 Å². The Bertz CT molecular complexity index is 365. The van der Waals surface area contributed by atoms with Gasteiger partial charge in [0.15, 0.2) is 11.6 Å². The summed E-state index contributed by atoms with van der Waals surface area (Å²) in [6.07, 6.45) is 0. The fourth-order valence-electron chi connectivity index (χ4n) is 0.944. The molecule has 1 rings (SSSR count). The Balaban J connectivity index is 2.95. The summed E-state index contributed by atoms with van der Waals surface area (Å²) in [4.78, 5) is 10.5. The van der Waals surface area contributed by atoms with Crippen LogP contribution in [-0.4, -0.2) is 5.91 Å². The molecule has 0 saturated carbocycles. The van der Waals surface area contributed by atoms with Gasteiger partial charge < -0.3 is 5.32 Å². The molecule has 0 aliphatic heterocycles. The zero-order valence-electron chi connectivity index (χ0n) is 7.40. The number of rotatable bonds is 2. The third kappa shape index (κ3) is 2.25. The van der Waals surface area contributed by atoms with E-state index in [9.17, 15) is 18.0 Å². The number of hydrogen-bond donors (Lipinski definition) is 1. The summed E-state index contributed by atoms with van der Waals surface area (Å²) in [7, 11) is 0. The highest BCUT2D eigenvalue weighted by molar-refractivity contribution is 5.72. The van der Waals surface area contributed by atoms with Crippen LogP contribution in [0.5, 0.6) is 0 Å². The molecule has 0 bridgehead atoms. The summed E-state index contributed by atoms with van der Waals surface area (Å²) >= 11 is 0. The quantitative estimate of drug-likeness (QED) is 0.729. The molecule has 0 radical (unpaired) electrons. The molecular weight excluding hydrogens is 195 g/mol. The number of carbonyl (C=O) groups excluding carboxylic acids is 1. The summed E-state index contributed by atoms with van der Waals surface area (Å²) in [6, 6.07) is 1.51. The van der Waals surface area contributed by atoms with Crippen LogP contribution < -0.4 is 5.32 Å². The largest absolute Gasteiger partial charge is 0.352 e. The van der Waals surface area contributed by atoms with E-state index in [-0.39, 0.29) is 6.54 Å². The van der Waals surface area contributed by atoms with Crippen molar-refractivity contribution in [2.75, 3.05) is 0 Å². The van der Waals surface area contributed by atoms with Gasteiger partial charge in [0.2, 0.25) is 5.91 Å². The lowest BCUT2D eigenvalue weighted by molar-refractivity contribution is -0.119. The highest BCUT2D eigenvalue weighted by Gasteiger charge is 2.13. The van der Waals surface area contributed by atoms with Crippen LogP contribution >= 0.6 is 0 Å². The van der Waals surface area contributed by atoms with E-state index in [1.165, 1.54) is 6.92 Å². The first kappa shape index (κ1) is 10.6. The molecule has 0 atom stereocenters. The minimum absolute atomic E-state index is 0.356. The minimum atomic E-state index is -1.27. The van der Waals surface area contributed by atoms with E-state index in [0.717, 1.165) is 6.07 Å². The van der Waals surface area contributed by atoms with Crippen molar-refractivity contribution < 1.29 is 18.0 Å². The normalized spacial score (nSPS) is 10.0. The molecule has 0 spiro atoms. The summed E-state index contributed by atoms with van der Waals surface area (Å²) in [5.74, 6) is -3.71. The third-order valence-electron chi connectivity index (χ3n) is 1.65. The van der Waals surface area contributed by atoms with Crippen LogP contribution in [0.3, 0.4) is 0 Å². The van der Waals surface area contributed by atoms with Crippen LogP contribution in [-0.2, 0) is 11.3 Å². The molecule has 0 saturated heterocycles. The van der Waals surface area contributed by atoms with E-state index in [4.69, 9.17) is 0 Å². The van der Waals surface area contributed by atoms with Gasteiger partial charge in [-0.05, 0) is 12.1 Å². The predicted octanol–water partition coefficient (Wildman–Crippen LogP) is 1.74. The number of benzene rings is 1. The van der Waals surface area contributed by atoms with Crippen molar-refractivity contribution in [3.05, 3.63) is 35.1 Å². The Labute approximate surface area is 78.7 Å². The van der Waals surface area contributed by atoms with Crippen molar-refractivity contribution in [3.8, 4) is 0 Å². The fraction of sp³-hybridized carbons (Fsp3) is 0.222. The van der Waals surface area contributed by atoms with Gasteiger partial charge in [-0.3, -0.25) is 4.79 Å². The van der Waals surface area contributed by atoms with Gasteiger partial charge in [0.1, 0.15) is 5.82 Å². The standard InChI is InChI=1S/C9H8F3NO/c1-5(14)13-4-6-7(10)2-3-8(11)9(6)12/h2-3H,4H2,1H3,(H,13,14). The molecule has 5 heteroatoms. The topological polar surface area (TPSA) is 29.1 Å². The number of halogens is 3. The minimum Gasteiger partial charge on any atom is -0.352 e. The third-order valence-corrected chi connectivity index (χ3v) is 1.65. The molecule has 1 N–H and O–H groups in total. The van der Waals surface area contributed by atoms with Gasteiger partial charge in [-0.2, -0.15) is 0 Å². The Kier molecular flexibility index (Phi) is 3.11. The maximum absolute atomic E-state index is 12.9. The van der Waals surface area contributed by atoms with Crippen LogP contribution in [0, 0.1) is 17.5 Å². The lowest BCUT2D eigenvalue weighted by atomic mass is 10.2. The van der Waals surface area contributed by atoms with Crippen molar-refractivity contribution in [1.82, 2.24) is 5.32 Å². The smallest absolute Gasteiger partial charge is 0.217 e. The van der Waals surface area contributed by atoms with E-state index < -0.39 is 28.9 Å². The van der Waals surface area contributed by atoms with Gasteiger partial charge in [0.05, 0.1) is 0 Å². The second-order valence-electron chi connectivity index (χ2n) is 2.73. The molecule has 76 valence electrons. The average molecular weight is 203 g/mol. The van der Waals surface area contributed by atoms with E-state index in [1.54, 1.807) is 0 Å². The Morgan fingerprint density at radius 1 is 1.29 bits per heavy atom. The van der Waals surface area contributed by atoms with E-state index in [0.29, 0.717) is 6.07 Å². The van der Waals surface area contributed by atoms with Gasteiger partial charge >= 0.3 is 0 Å². The van der Waals surface area contributed by atoms with Crippen LogP contribution in [0.15, 0.2) is 12.1 Å². The maximum Gasteiger partial charge on any atom is 0.217 e. The Hall–Kier alpha value is -1.52. The van der Waals surface area contributed by atoms with Crippen molar-refractivity contribution >= 4 is 5.91 Å². The highest BCUT2D eigenvalue weighted by atomic mass is 19.2. The summed E-state index contributed by atoms with van der Waals surface area (Å²) < 4.78 is 38.5. The second-order valence-corrected chi connectivity index (χ2v) is 2.73. The predicted molar refractivity (Wildman–Crippen MR) is 43.8 cm³/mol.